The second-order valence-electron chi connectivity index (χ2n) is 11.3. The van der Waals surface area contributed by atoms with E-state index in [1.165, 1.54) is 38.5 Å². The van der Waals surface area contributed by atoms with Crippen LogP contribution in [0.2, 0.25) is 0 Å². The van der Waals surface area contributed by atoms with Crippen molar-refractivity contribution in [3.05, 3.63) is 163 Å². The van der Waals surface area contributed by atoms with Crippen molar-refractivity contribution in [3.8, 4) is 45.3 Å². The van der Waals surface area contributed by atoms with Gasteiger partial charge in [-0.05, 0) is 41.3 Å². The molecule has 0 saturated heterocycles. The van der Waals surface area contributed by atoms with Crippen LogP contribution >= 0.6 is 0 Å². The second-order valence-corrected chi connectivity index (χ2v) is 11.3. The summed E-state index contributed by atoms with van der Waals surface area (Å²) in [6.45, 7) is 0.885. The Labute approximate surface area is 262 Å². The SMILES string of the molecule is c1ccc(-c2ccc3c(c2)c2ccccc2n3CCc2ccc(-c3nc(-c4ccccc4)nc(-c4ccccc4)n3)cc2)cc1. The first-order valence-corrected chi connectivity index (χ1v) is 15.3. The molecule has 45 heavy (non-hydrogen) atoms. The number of aryl methyl sites for hydroxylation is 2. The van der Waals surface area contributed by atoms with Crippen LogP contribution in [0.4, 0.5) is 0 Å². The molecule has 0 unspecified atom stereocenters. The number of rotatable bonds is 7. The fourth-order valence-electron chi connectivity index (χ4n) is 6.10. The lowest BCUT2D eigenvalue weighted by Gasteiger charge is -2.10. The molecule has 0 fully saturated rings. The van der Waals surface area contributed by atoms with Crippen LogP contribution < -0.4 is 0 Å². The van der Waals surface area contributed by atoms with Gasteiger partial charge in [0.15, 0.2) is 17.5 Å². The van der Waals surface area contributed by atoms with E-state index in [0.717, 1.165) is 29.7 Å². The lowest BCUT2D eigenvalue weighted by atomic mass is 10.0. The summed E-state index contributed by atoms with van der Waals surface area (Å²) in [5, 5.41) is 2.58. The number of aromatic nitrogens is 4. The number of hydrogen-bond donors (Lipinski definition) is 0. The first-order chi connectivity index (χ1) is 22.3. The highest BCUT2D eigenvalue weighted by atomic mass is 15.0. The smallest absolute Gasteiger partial charge is 0.164 e. The normalized spacial score (nSPS) is 11.3. The van der Waals surface area contributed by atoms with E-state index in [0.29, 0.717) is 17.5 Å². The molecule has 0 radical (unpaired) electrons. The summed E-state index contributed by atoms with van der Waals surface area (Å²) in [5.74, 6) is 2.02. The zero-order chi connectivity index (χ0) is 30.0. The van der Waals surface area contributed by atoms with E-state index < -0.39 is 0 Å². The maximum atomic E-state index is 4.89. The van der Waals surface area contributed by atoms with Crippen LogP contribution in [-0.4, -0.2) is 19.5 Å². The number of para-hydroxylation sites is 1. The quantitative estimate of drug-likeness (QED) is 0.189. The van der Waals surface area contributed by atoms with Crippen LogP contribution in [0.5, 0.6) is 0 Å². The summed E-state index contributed by atoms with van der Waals surface area (Å²) in [6, 6.07) is 55.0. The Morgan fingerprint density at radius 1 is 0.378 bits per heavy atom. The number of hydrogen-bond acceptors (Lipinski definition) is 3. The van der Waals surface area contributed by atoms with Crippen molar-refractivity contribution >= 4 is 21.8 Å². The average molecular weight is 579 g/mol. The molecule has 0 aliphatic heterocycles. The van der Waals surface area contributed by atoms with Crippen molar-refractivity contribution in [1.82, 2.24) is 19.5 Å². The zero-order valence-electron chi connectivity index (χ0n) is 24.7. The minimum absolute atomic E-state index is 0.672. The predicted molar refractivity (Wildman–Crippen MR) is 185 cm³/mol. The minimum atomic E-state index is 0.672. The Morgan fingerprint density at radius 3 is 1.44 bits per heavy atom. The average Bonchev–Trinajstić information content (AvgIpc) is 3.44. The van der Waals surface area contributed by atoms with Crippen molar-refractivity contribution in [2.75, 3.05) is 0 Å². The summed E-state index contributed by atoms with van der Waals surface area (Å²) < 4.78 is 2.46. The van der Waals surface area contributed by atoms with Gasteiger partial charge < -0.3 is 4.57 Å². The van der Waals surface area contributed by atoms with Crippen LogP contribution in [0, 0.1) is 0 Å². The molecule has 4 nitrogen and oxygen atoms in total. The Morgan fingerprint density at radius 2 is 0.844 bits per heavy atom. The summed E-state index contributed by atoms with van der Waals surface area (Å²) in [5.41, 5.74) is 9.19. The van der Waals surface area contributed by atoms with Crippen LogP contribution in [0.1, 0.15) is 5.56 Å². The molecule has 0 amide bonds. The van der Waals surface area contributed by atoms with Gasteiger partial charge in [-0.15, -0.1) is 0 Å². The van der Waals surface area contributed by atoms with Gasteiger partial charge in [-0.3, -0.25) is 0 Å². The molecule has 0 spiro atoms. The van der Waals surface area contributed by atoms with Gasteiger partial charge in [0.25, 0.3) is 0 Å². The van der Waals surface area contributed by atoms with Gasteiger partial charge >= 0.3 is 0 Å². The van der Waals surface area contributed by atoms with E-state index in [1.807, 2.05) is 60.7 Å². The fraction of sp³-hybridized carbons (Fsp3) is 0.0488. The molecular weight excluding hydrogens is 548 g/mol. The van der Waals surface area contributed by atoms with Crippen molar-refractivity contribution in [2.24, 2.45) is 0 Å². The van der Waals surface area contributed by atoms with Crippen molar-refractivity contribution < 1.29 is 0 Å². The van der Waals surface area contributed by atoms with E-state index >= 15 is 0 Å². The molecule has 0 aliphatic rings. The van der Waals surface area contributed by atoms with Gasteiger partial charge in [0.2, 0.25) is 0 Å². The van der Waals surface area contributed by atoms with Crippen molar-refractivity contribution in [1.29, 1.82) is 0 Å². The lowest BCUT2D eigenvalue weighted by molar-refractivity contribution is 0.745. The number of benzene rings is 6. The van der Waals surface area contributed by atoms with E-state index in [2.05, 4.69) is 102 Å². The molecule has 0 N–H and O–H groups in total. The summed E-state index contributed by atoms with van der Waals surface area (Å²) >= 11 is 0. The topological polar surface area (TPSA) is 43.6 Å². The lowest BCUT2D eigenvalue weighted by Crippen LogP contribution is -2.02. The first-order valence-electron chi connectivity index (χ1n) is 15.3. The summed E-state index contributed by atoms with van der Waals surface area (Å²) in [7, 11) is 0. The highest BCUT2D eigenvalue weighted by Crippen LogP contribution is 2.33. The van der Waals surface area contributed by atoms with Gasteiger partial charge in [0.1, 0.15) is 0 Å². The molecular formula is C41H30N4. The Hall–Kier alpha value is -5.87. The molecule has 0 bridgehead atoms. The number of fused-ring (bicyclic) bond motifs is 3. The van der Waals surface area contributed by atoms with Gasteiger partial charge in [-0.2, -0.15) is 0 Å². The Kier molecular flexibility index (Phi) is 6.93. The zero-order valence-corrected chi connectivity index (χ0v) is 24.7. The third-order valence-corrected chi connectivity index (χ3v) is 8.42. The molecule has 8 rings (SSSR count). The molecule has 0 atom stereocenters. The molecule has 4 heteroatoms. The van der Waals surface area contributed by atoms with Gasteiger partial charge in [-0.1, -0.05) is 140 Å². The molecule has 2 aromatic heterocycles. The molecule has 0 saturated carbocycles. The minimum Gasteiger partial charge on any atom is -0.340 e. The fourth-order valence-corrected chi connectivity index (χ4v) is 6.10. The predicted octanol–water partition coefficient (Wildman–Crippen LogP) is 9.89. The standard InChI is InChI=1S/C41H30N4/c1-4-12-30(13-5-1)34-24-25-38-36(28-34)35-18-10-11-19-37(35)45(38)27-26-29-20-22-33(23-21-29)41-43-39(31-14-6-2-7-15-31)42-40(44-41)32-16-8-3-9-17-32/h1-25,28H,26-27H2. The molecule has 0 aliphatic carbocycles. The van der Waals surface area contributed by atoms with Crippen LogP contribution in [-0.2, 0) is 13.0 Å². The third-order valence-electron chi connectivity index (χ3n) is 8.42. The maximum Gasteiger partial charge on any atom is 0.164 e. The van der Waals surface area contributed by atoms with Crippen LogP contribution in [0.25, 0.3) is 67.1 Å². The van der Waals surface area contributed by atoms with Crippen LogP contribution in [0.15, 0.2) is 158 Å². The Bertz CT molecular complexity index is 2180. The first kappa shape index (κ1) is 26.7. The Balaban J connectivity index is 1.10. The second kappa shape index (κ2) is 11.7. The third kappa shape index (κ3) is 5.28. The van der Waals surface area contributed by atoms with Crippen molar-refractivity contribution in [2.45, 2.75) is 13.0 Å². The summed E-state index contributed by atoms with van der Waals surface area (Å²) in [6.07, 6.45) is 0.913. The highest BCUT2D eigenvalue weighted by Gasteiger charge is 2.14. The highest BCUT2D eigenvalue weighted by molar-refractivity contribution is 6.09. The van der Waals surface area contributed by atoms with Crippen molar-refractivity contribution in [3.63, 3.8) is 0 Å². The number of nitrogens with zero attached hydrogens (tertiary/aromatic N) is 4. The monoisotopic (exact) mass is 578 g/mol. The van der Waals surface area contributed by atoms with Gasteiger partial charge in [0, 0.05) is 45.0 Å². The maximum absolute atomic E-state index is 4.89. The molecule has 2 heterocycles. The van der Waals surface area contributed by atoms with Gasteiger partial charge in [-0.25, -0.2) is 15.0 Å². The molecule has 214 valence electrons. The van der Waals surface area contributed by atoms with Crippen LogP contribution in [0.3, 0.4) is 0 Å². The largest absolute Gasteiger partial charge is 0.340 e. The van der Waals surface area contributed by atoms with E-state index in [1.54, 1.807) is 0 Å². The summed E-state index contributed by atoms with van der Waals surface area (Å²) in [4.78, 5) is 14.6. The molecule has 8 aromatic rings. The molecule has 6 aromatic carbocycles. The van der Waals surface area contributed by atoms with Gasteiger partial charge in [0.05, 0.1) is 0 Å². The van der Waals surface area contributed by atoms with E-state index in [9.17, 15) is 0 Å². The van der Waals surface area contributed by atoms with E-state index in [-0.39, 0.29) is 0 Å². The van der Waals surface area contributed by atoms with E-state index in [4.69, 9.17) is 15.0 Å².